The fourth-order valence-corrected chi connectivity index (χ4v) is 5.44. The van der Waals surface area contributed by atoms with Crippen molar-refractivity contribution in [3.63, 3.8) is 0 Å². The Morgan fingerprint density at radius 1 is 0.575 bits per heavy atom. The molecule has 0 saturated heterocycles. The molecule has 0 aromatic heterocycles. The van der Waals surface area contributed by atoms with Gasteiger partial charge < -0.3 is 18.9 Å². The molecule has 0 aromatic rings. The van der Waals surface area contributed by atoms with Crippen LogP contribution in [0.1, 0.15) is 142 Å². The first-order valence-electron chi connectivity index (χ1n) is 16.8. The van der Waals surface area contributed by atoms with Crippen LogP contribution in [0, 0.1) is 0 Å². The molecule has 1 atom stereocenters. The molecule has 40 heavy (non-hydrogen) atoms. The first kappa shape index (κ1) is 40.0. The highest BCUT2D eigenvalue weighted by Gasteiger charge is 2.28. The fraction of sp³-hybridized carbons (Fsp3) is 1.00. The molecule has 0 aliphatic rings. The van der Waals surface area contributed by atoms with Crippen LogP contribution in [0.4, 0.5) is 0 Å². The minimum absolute atomic E-state index is 0.156. The molecule has 0 bridgehead atoms. The van der Waals surface area contributed by atoms with E-state index in [0.29, 0.717) is 24.2 Å². The number of likely N-dealkylation sites (N-methyl/N-ethyl adjacent to an activating group) is 1. The van der Waals surface area contributed by atoms with Crippen molar-refractivity contribution < 1.29 is 32.5 Å². The number of unbranched alkanes of at least 4 members (excludes halogenated alkanes) is 18. The van der Waals surface area contributed by atoms with Crippen LogP contribution in [0.25, 0.3) is 0 Å². The molecule has 8 heteroatoms. The Bertz CT molecular complexity index is 544. The number of quaternary nitrogens is 1. The maximum Gasteiger partial charge on any atom is 0.472 e. The minimum Gasteiger partial charge on any atom is -0.379 e. The highest BCUT2D eigenvalue weighted by molar-refractivity contribution is 7.47. The van der Waals surface area contributed by atoms with Gasteiger partial charge in [-0.1, -0.05) is 129 Å². The van der Waals surface area contributed by atoms with Gasteiger partial charge in [-0.3, -0.25) is 9.05 Å². The van der Waals surface area contributed by atoms with Gasteiger partial charge in [0.1, 0.15) is 19.3 Å². The molecule has 0 radical (unpaired) electrons. The molecule has 0 rings (SSSR count). The number of nitrogens with zero attached hydrogens (tertiary/aromatic N) is 1. The SMILES string of the molecule is CCCCCCCCCCCCOCC(COCCCCCCCCCCCC)OP(=O)(O)OCC[N+](C)(C)C. The Kier molecular flexibility index (Phi) is 27.8. The van der Waals surface area contributed by atoms with Crippen molar-refractivity contribution in [2.24, 2.45) is 0 Å². The predicted molar refractivity (Wildman–Crippen MR) is 169 cm³/mol. The summed E-state index contributed by atoms with van der Waals surface area (Å²) in [7, 11) is 1.86. The van der Waals surface area contributed by atoms with Crippen LogP contribution in [-0.2, 0) is 23.1 Å². The quantitative estimate of drug-likeness (QED) is 0.0476. The zero-order chi connectivity index (χ0) is 29.8. The van der Waals surface area contributed by atoms with E-state index in [1.54, 1.807) is 0 Å². The molecule has 7 nitrogen and oxygen atoms in total. The second kappa shape index (κ2) is 27.8. The Labute approximate surface area is 249 Å². The van der Waals surface area contributed by atoms with Gasteiger partial charge in [-0.05, 0) is 12.8 Å². The van der Waals surface area contributed by atoms with E-state index in [1.807, 2.05) is 21.1 Å². The lowest BCUT2D eigenvalue weighted by atomic mass is 10.1. The molecule has 1 unspecified atom stereocenters. The van der Waals surface area contributed by atoms with Crippen LogP contribution < -0.4 is 0 Å². The number of ether oxygens (including phenoxy) is 2. The van der Waals surface area contributed by atoms with E-state index < -0.39 is 13.9 Å². The van der Waals surface area contributed by atoms with E-state index >= 15 is 0 Å². The van der Waals surface area contributed by atoms with E-state index in [2.05, 4.69) is 13.8 Å². The number of hydrogen-bond acceptors (Lipinski definition) is 5. The molecule has 242 valence electrons. The van der Waals surface area contributed by atoms with Crippen molar-refractivity contribution >= 4 is 7.82 Å². The normalized spacial score (nSPS) is 13.8. The number of phosphoric acid groups is 1. The minimum atomic E-state index is -4.17. The maximum atomic E-state index is 12.5. The lowest BCUT2D eigenvalue weighted by Gasteiger charge is -2.25. The molecule has 0 heterocycles. The number of phosphoric ester groups is 1. The smallest absolute Gasteiger partial charge is 0.379 e. The molecule has 0 spiro atoms. The topological polar surface area (TPSA) is 74.2 Å². The molecular formula is C32H69NO6P+. The van der Waals surface area contributed by atoms with E-state index in [0.717, 1.165) is 25.7 Å². The standard InChI is InChI=1S/C32H68NO6P/c1-6-8-10-12-14-16-18-20-22-24-27-36-30-32(39-40(34,35)38-29-26-33(3,4)5)31-37-28-25-23-21-19-17-15-13-11-9-7-2/h32H,6-31H2,1-5H3/p+1. The van der Waals surface area contributed by atoms with Crippen molar-refractivity contribution in [1.82, 2.24) is 0 Å². The van der Waals surface area contributed by atoms with Gasteiger partial charge in [0, 0.05) is 13.2 Å². The maximum absolute atomic E-state index is 12.5. The van der Waals surface area contributed by atoms with Crippen molar-refractivity contribution in [2.45, 2.75) is 148 Å². The third-order valence-electron chi connectivity index (χ3n) is 7.19. The summed E-state index contributed by atoms with van der Waals surface area (Å²) in [6, 6.07) is 0. The van der Waals surface area contributed by atoms with Crippen LogP contribution in [0.3, 0.4) is 0 Å². The zero-order valence-corrected chi connectivity index (χ0v) is 28.2. The van der Waals surface area contributed by atoms with Gasteiger partial charge in [0.2, 0.25) is 0 Å². The third kappa shape index (κ3) is 30.9. The summed E-state index contributed by atoms with van der Waals surface area (Å²) >= 11 is 0. The average molecular weight is 595 g/mol. The van der Waals surface area contributed by atoms with Crippen molar-refractivity contribution in [3.8, 4) is 0 Å². The lowest BCUT2D eigenvalue weighted by Crippen LogP contribution is -2.37. The highest BCUT2D eigenvalue weighted by atomic mass is 31.2. The summed E-state index contributed by atoms with van der Waals surface area (Å²) in [6.07, 6.45) is 24.9. The predicted octanol–water partition coefficient (Wildman–Crippen LogP) is 9.07. The average Bonchev–Trinajstić information content (AvgIpc) is 2.88. The van der Waals surface area contributed by atoms with Gasteiger partial charge in [-0.15, -0.1) is 0 Å². The number of rotatable bonds is 32. The van der Waals surface area contributed by atoms with Crippen LogP contribution >= 0.6 is 7.82 Å². The summed E-state index contributed by atoms with van der Waals surface area (Å²) < 4.78 is 35.6. The van der Waals surface area contributed by atoms with E-state index in [4.69, 9.17) is 18.5 Å². The summed E-state index contributed by atoms with van der Waals surface area (Å²) in [5, 5.41) is 0. The Morgan fingerprint density at radius 3 is 1.27 bits per heavy atom. The van der Waals surface area contributed by atoms with Crippen LogP contribution in [0.5, 0.6) is 0 Å². The zero-order valence-electron chi connectivity index (χ0n) is 27.3. The summed E-state index contributed by atoms with van der Waals surface area (Å²) in [6.45, 7) is 7.02. The Hall–Kier alpha value is -0.0100. The van der Waals surface area contributed by atoms with Gasteiger partial charge in [-0.25, -0.2) is 4.57 Å². The third-order valence-corrected chi connectivity index (χ3v) is 8.26. The summed E-state index contributed by atoms with van der Waals surface area (Å²) in [5.41, 5.74) is 0. The van der Waals surface area contributed by atoms with E-state index in [-0.39, 0.29) is 19.8 Å². The molecule has 0 aromatic carbocycles. The molecule has 1 N–H and O–H groups in total. The summed E-state index contributed by atoms with van der Waals surface area (Å²) in [5.74, 6) is 0. The van der Waals surface area contributed by atoms with Crippen molar-refractivity contribution in [3.05, 3.63) is 0 Å². The van der Waals surface area contributed by atoms with Crippen molar-refractivity contribution in [1.29, 1.82) is 0 Å². The van der Waals surface area contributed by atoms with E-state index in [9.17, 15) is 9.46 Å². The Balaban J connectivity index is 4.17. The first-order valence-corrected chi connectivity index (χ1v) is 18.3. The lowest BCUT2D eigenvalue weighted by molar-refractivity contribution is -0.870. The fourth-order valence-electron chi connectivity index (χ4n) is 4.57. The molecule has 0 fully saturated rings. The molecule has 0 aliphatic heterocycles. The van der Waals surface area contributed by atoms with Crippen LogP contribution in [0.2, 0.25) is 0 Å². The second-order valence-corrected chi connectivity index (χ2v) is 14.0. The second-order valence-electron chi connectivity index (χ2n) is 12.6. The van der Waals surface area contributed by atoms with E-state index in [1.165, 1.54) is 103 Å². The largest absolute Gasteiger partial charge is 0.472 e. The summed E-state index contributed by atoms with van der Waals surface area (Å²) in [4.78, 5) is 10.3. The highest BCUT2D eigenvalue weighted by Crippen LogP contribution is 2.44. The first-order chi connectivity index (χ1) is 19.2. The van der Waals surface area contributed by atoms with Gasteiger partial charge >= 0.3 is 7.82 Å². The van der Waals surface area contributed by atoms with Crippen molar-refractivity contribution in [2.75, 3.05) is 60.7 Å². The molecule has 0 amide bonds. The monoisotopic (exact) mass is 594 g/mol. The van der Waals surface area contributed by atoms with Gasteiger partial charge in [0.05, 0.1) is 34.4 Å². The Morgan fingerprint density at radius 2 is 0.925 bits per heavy atom. The van der Waals surface area contributed by atoms with Crippen LogP contribution in [0.15, 0.2) is 0 Å². The van der Waals surface area contributed by atoms with Gasteiger partial charge in [0.25, 0.3) is 0 Å². The van der Waals surface area contributed by atoms with Crippen LogP contribution in [-0.4, -0.2) is 76.2 Å². The molecule has 0 saturated carbocycles. The molecular weight excluding hydrogens is 525 g/mol. The number of hydrogen-bond donors (Lipinski definition) is 1. The van der Waals surface area contributed by atoms with Gasteiger partial charge in [-0.2, -0.15) is 0 Å². The van der Waals surface area contributed by atoms with Gasteiger partial charge in [0.15, 0.2) is 0 Å². The molecule has 0 aliphatic carbocycles.